The molecule has 2 atom stereocenters. The van der Waals surface area contributed by atoms with Crippen molar-refractivity contribution in [3.8, 4) is 0 Å². The van der Waals surface area contributed by atoms with E-state index in [-0.39, 0.29) is 15.4 Å². The fraction of sp³-hybridized carbons (Fsp3) is 0. The zero-order valence-electron chi connectivity index (χ0n) is 7.11. The third-order valence-corrected chi connectivity index (χ3v) is 2.81. The first-order valence-electron chi connectivity index (χ1n) is 3.52. The Labute approximate surface area is 89.5 Å². The number of hydrogen-bond acceptors (Lipinski definition) is 3. The molecule has 0 aliphatic carbocycles. The molecule has 15 heavy (non-hydrogen) atoms. The van der Waals surface area contributed by atoms with Gasteiger partial charge >= 0.3 is 5.97 Å². The Balaban J connectivity index is 3.39. The van der Waals surface area contributed by atoms with Gasteiger partial charge in [0.15, 0.2) is 22.2 Å². The van der Waals surface area contributed by atoms with E-state index in [0.717, 1.165) is 18.2 Å². The molecule has 0 radical (unpaired) electrons. The van der Waals surface area contributed by atoms with Crippen LogP contribution in [0, 0.1) is 0 Å². The average Bonchev–Trinajstić information content (AvgIpc) is 2.16. The second kappa shape index (κ2) is 4.62. The highest BCUT2D eigenvalue weighted by Gasteiger charge is 2.12. The maximum absolute atomic E-state index is 10.7. The summed E-state index contributed by atoms with van der Waals surface area (Å²) in [5, 5.41) is 8.64. The van der Waals surface area contributed by atoms with Crippen molar-refractivity contribution in [1.29, 1.82) is 0 Å². The topological polar surface area (TPSA) is 112 Å². The van der Waals surface area contributed by atoms with Gasteiger partial charge in [0.2, 0.25) is 0 Å². The predicted molar refractivity (Wildman–Crippen MR) is 51.5 cm³/mol. The molecule has 3 N–H and O–H groups in total. The Morgan fingerprint density at radius 2 is 1.40 bits per heavy atom. The smallest absolute Gasteiger partial charge is 0.335 e. The number of carbonyl (C=O) groups is 1. The molecule has 82 valence electrons. The lowest BCUT2D eigenvalue weighted by atomic mass is 10.2. The van der Waals surface area contributed by atoms with Crippen LogP contribution in [-0.2, 0) is 22.2 Å². The molecule has 1 rings (SSSR count). The van der Waals surface area contributed by atoms with Gasteiger partial charge in [-0.25, -0.2) is 13.2 Å². The molecule has 0 amide bonds. The third-order valence-electron chi connectivity index (χ3n) is 1.53. The lowest BCUT2D eigenvalue weighted by Crippen LogP contribution is -2.02. The molecule has 0 saturated carbocycles. The zero-order chi connectivity index (χ0) is 11.6. The highest BCUT2D eigenvalue weighted by atomic mass is 32.2. The molecule has 6 nitrogen and oxygen atoms in total. The molecule has 0 spiro atoms. The van der Waals surface area contributed by atoms with Crippen molar-refractivity contribution >= 4 is 28.1 Å². The van der Waals surface area contributed by atoms with Crippen LogP contribution < -0.4 is 0 Å². The summed E-state index contributed by atoms with van der Waals surface area (Å²) in [6, 6.07) is 2.93. The Bertz CT molecular complexity index is 376. The number of aromatic carboxylic acids is 1. The molecule has 0 saturated heterocycles. The monoisotopic (exact) mass is 250 g/mol. The van der Waals surface area contributed by atoms with Gasteiger partial charge in [0.05, 0.1) is 15.4 Å². The highest BCUT2D eigenvalue weighted by Crippen LogP contribution is 2.15. The van der Waals surface area contributed by atoms with E-state index in [9.17, 15) is 13.2 Å². The van der Waals surface area contributed by atoms with Crippen molar-refractivity contribution in [3.63, 3.8) is 0 Å². The van der Waals surface area contributed by atoms with Crippen LogP contribution in [0.2, 0.25) is 0 Å². The molecule has 2 unspecified atom stereocenters. The van der Waals surface area contributed by atoms with Gasteiger partial charge in [-0.15, -0.1) is 0 Å². The molecule has 0 bridgehead atoms. The van der Waals surface area contributed by atoms with Gasteiger partial charge < -0.3 is 14.2 Å². The van der Waals surface area contributed by atoms with Crippen LogP contribution in [0.25, 0.3) is 0 Å². The SMILES string of the molecule is O=C(O)c1cc(S(=O)O)cc(S(=O)O)c1. The van der Waals surface area contributed by atoms with Gasteiger partial charge in [-0.1, -0.05) is 0 Å². The molecule has 0 aliphatic rings. The lowest BCUT2D eigenvalue weighted by molar-refractivity contribution is 0.0696. The van der Waals surface area contributed by atoms with E-state index in [0.29, 0.717) is 0 Å². The van der Waals surface area contributed by atoms with Crippen molar-refractivity contribution in [2.45, 2.75) is 9.79 Å². The number of carboxylic acids is 1. The van der Waals surface area contributed by atoms with Gasteiger partial charge in [-0.3, -0.25) is 0 Å². The van der Waals surface area contributed by atoms with Crippen molar-refractivity contribution in [1.82, 2.24) is 0 Å². The van der Waals surface area contributed by atoms with E-state index in [2.05, 4.69) is 0 Å². The largest absolute Gasteiger partial charge is 0.478 e. The fourth-order valence-electron chi connectivity index (χ4n) is 0.897. The molecule has 0 aromatic heterocycles. The van der Waals surface area contributed by atoms with Crippen molar-refractivity contribution in [3.05, 3.63) is 23.8 Å². The Morgan fingerprint density at radius 1 is 1.00 bits per heavy atom. The average molecular weight is 250 g/mol. The number of benzene rings is 1. The molecular weight excluding hydrogens is 244 g/mol. The molecular formula is C7H6O6S2. The van der Waals surface area contributed by atoms with Crippen molar-refractivity contribution in [2.75, 3.05) is 0 Å². The molecule has 1 aromatic carbocycles. The summed E-state index contributed by atoms with van der Waals surface area (Å²) in [7, 11) is 0. The highest BCUT2D eigenvalue weighted by molar-refractivity contribution is 7.80. The zero-order valence-corrected chi connectivity index (χ0v) is 8.75. The number of rotatable bonds is 3. The van der Waals surface area contributed by atoms with E-state index in [1.807, 2.05) is 0 Å². The second-order valence-electron chi connectivity index (χ2n) is 2.50. The van der Waals surface area contributed by atoms with Gasteiger partial charge in [0.1, 0.15) is 0 Å². The summed E-state index contributed by atoms with van der Waals surface area (Å²) in [5.74, 6) is -1.34. The minimum atomic E-state index is -2.39. The van der Waals surface area contributed by atoms with Crippen LogP contribution in [0.5, 0.6) is 0 Å². The van der Waals surface area contributed by atoms with Gasteiger partial charge in [0.25, 0.3) is 0 Å². The third kappa shape index (κ3) is 2.93. The minimum Gasteiger partial charge on any atom is -0.478 e. The lowest BCUT2D eigenvalue weighted by Gasteiger charge is -2.01. The Hall–Kier alpha value is -1.09. The van der Waals surface area contributed by atoms with Crippen LogP contribution in [0.4, 0.5) is 0 Å². The summed E-state index contributed by atoms with van der Waals surface area (Å²) < 4.78 is 38.8. The van der Waals surface area contributed by atoms with Crippen LogP contribution in [0.15, 0.2) is 28.0 Å². The van der Waals surface area contributed by atoms with Crippen molar-refractivity contribution < 1.29 is 27.4 Å². The van der Waals surface area contributed by atoms with E-state index in [4.69, 9.17) is 14.2 Å². The maximum atomic E-state index is 10.7. The maximum Gasteiger partial charge on any atom is 0.335 e. The first-order chi connectivity index (χ1) is 6.91. The molecule has 8 heteroatoms. The van der Waals surface area contributed by atoms with E-state index in [1.54, 1.807) is 0 Å². The van der Waals surface area contributed by atoms with Crippen LogP contribution >= 0.6 is 0 Å². The Morgan fingerprint density at radius 3 is 1.67 bits per heavy atom. The summed E-state index contributed by atoms with van der Waals surface area (Å²) in [6.45, 7) is 0. The number of hydrogen-bond donors (Lipinski definition) is 3. The predicted octanol–water partition coefficient (Wildman–Crippen LogP) is 0.546. The summed E-state index contributed by atoms with van der Waals surface area (Å²) in [4.78, 5) is 10.1. The van der Waals surface area contributed by atoms with Gasteiger partial charge in [-0.05, 0) is 18.2 Å². The molecule has 0 heterocycles. The van der Waals surface area contributed by atoms with Crippen molar-refractivity contribution in [2.24, 2.45) is 0 Å². The first kappa shape index (κ1) is 12.0. The quantitative estimate of drug-likeness (QED) is 0.675. The van der Waals surface area contributed by atoms with E-state index in [1.165, 1.54) is 0 Å². The van der Waals surface area contributed by atoms with Gasteiger partial charge in [-0.2, -0.15) is 0 Å². The van der Waals surface area contributed by atoms with E-state index < -0.39 is 28.1 Å². The normalized spacial score (nSPS) is 14.5. The molecule has 0 fully saturated rings. The van der Waals surface area contributed by atoms with Crippen LogP contribution in [-0.4, -0.2) is 28.6 Å². The summed E-state index contributed by atoms with van der Waals surface area (Å²) in [6.07, 6.45) is 0. The van der Waals surface area contributed by atoms with E-state index >= 15 is 0 Å². The Kier molecular flexibility index (Phi) is 3.69. The fourth-order valence-corrected chi connectivity index (χ4v) is 1.88. The summed E-state index contributed by atoms with van der Waals surface area (Å²) in [5.41, 5.74) is -0.313. The molecule has 0 aliphatic heterocycles. The number of carboxylic acid groups (broad SMARTS) is 1. The summed E-state index contributed by atoms with van der Waals surface area (Å²) >= 11 is -4.78. The standard InChI is InChI=1S/C7H6O6S2/c8-7(9)4-1-5(14(10)11)3-6(2-4)15(12)13/h1-3H,(H,8,9)(H,10,11)(H,12,13). The van der Waals surface area contributed by atoms with Crippen LogP contribution in [0.3, 0.4) is 0 Å². The molecule has 1 aromatic rings. The minimum absolute atomic E-state index is 0.229. The first-order valence-corrected chi connectivity index (χ1v) is 5.73. The van der Waals surface area contributed by atoms with Gasteiger partial charge in [0, 0.05) is 0 Å². The second-order valence-corrected chi connectivity index (χ2v) is 4.44. The van der Waals surface area contributed by atoms with Crippen LogP contribution in [0.1, 0.15) is 10.4 Å².